The normalized spacial score (nSPS) is 33.4. The first kappa shape index (κ1) is 16.3. The number of hydrogen-bond acceptors (Lipinski definition) is 0. The van der Waals surface area contributed by atoms with E-state index in [4.69, 9.17) is 68.0 Å². The molecule has 0 radical (unpaired) electrons. The van der Waals surface area contributed by atoms with E-state index in [1.165, 1.54) is 0 Å². The van der Waals surface area contributed by atoms with Gasteiger partial charge in [-0.3, -0.25) is 0 Å². The van der Waals surface area contributed by atoms with Gasteiger partial charge in [0.2, 0.25) is 0 Å². The van der Waals surface area contributed by atoms with Gasteiger partial charge in [-0.15, -0.1) is 22.2 Å². The zero-order chi connectivity index (χ0) is 13.2. The summed E-state index contributed by atoms with van der Waals surface area (Å²) in [6, 6.07) is 0. The van der Waals surface area contributed by atoms with Crippen molar-refractivity contribution in [3.8, 4) is 0 Å². The smallest absolute Gasteiger partial charge is 0.482 e. The first-order valence-corrected chi connectivity index (χ1v) is 14.7. The molecule has 96 valence electrons. The molecule has 0 saturated carbocycles. The van der Waals surface area contributed by atoms with Crippen molar-refractivity contribution in [1.29, 1.82) is 0 Å². The maximum Gasteiger partial charge on any atom is 0.482 e. The van der Waals surface area contributed by atoms with Crippen LogP contribution < -0.4 is 8.78 Å². The monoisotopic (exact) mass is 378 g/mol. The number of nitrogens with one attached hydrogen (secondary N) is 2. The lowest BCUT2D eigenvalue weighted by Gasteiger charge is -2.76. The molecular formula is C4H14B2Cl6N2Si2. The van der Waals surface area contributed by atoms with Gasteiger partial charge < -0.3 is 8.78 Å². The number of rotatable bonds is 2. The third kappa shape index (κ3) is 2.57. The Labute approximate surface area is 128 Å². The topological polar surface area (TPSA) is 8.88 Å². The molecule has 1 aliphatic heterocycles. The maximum absolute atomic E-state index is 6.39. The van der Waals surface area contributed by atoms with Gasteiger partial charge >= 0.3 is 25.6 Å². The summed E-state index contributed by atoms with van der Waals surface area (Å²) >= 11 is 38.3. The van der Waals surface area contributed by atoms with Gasteiger partial charge in [-0.1, -0.05) is 0 Å². The van der Waals surface area contributed by atoms with Gasteiger partial charge in [0.15, 0.2) is 0 Å². The van der Waals surface area contributed by atoms with Crippen molar-refractivity contribution >= 4 is 93.6 Å². The van der Waals surface area contributed by atoms with Gasteiger partial charge in [-0.05, 0) is 26.2 Å². The molecule has 1 rings (SSSR count). The van der Waals surface area contributed by atoms with E-state index in [2.05, 4.69) is 0 Å². The van der Waals surface area contributed by atoms with E-state index in [1.807, 2.05) is 26.2 Å². The fraction of sp³-hybridized carbons (Fsp3) is 1.00. The van der Waals surface area contributed by atoms with Crippen LogP contribution in [0.15, 0.2) is 0 Å². The molecule has 1 saturated heterocycles. The quantitative estimate of drug-likeness (QED) is 0.530. The molecule has 0 unspecified atom stereocenters. The lowest BCUT2D eigenvalue weighted by Crippen LogP contribution is -3.72. The molecule has 0 aromatic carbocycles. The minimum absolute atomic E-state index is 0.747. The van der Waals surface area contributed by atoms with Gasteiger partial charge in [-0.2, -0.15) is 0 Å². The van der Waals surface area contributed by atoms with Crippen molar-refractivity contribution in [3.63, 3.8) is 0 Å². The maximum atomic E-state index is 6.39. The third-order valence-electron chi connectivity index (χ3n) is 2.94. The van der Waals surface area contributed by atoms with Crippen LogP contribution in [-0.2, 0) is 0 Å². The van der Waals surface area contributed by atoms with Crippen molar-refractivity contribution in [2.45, 2.75) is 26.2 Å². The molecule has 1 aliphatic rings. The average Bonchev–Trinajstić information content (AvgIpc) is 1.69. The highest BCUT2D eigenvalue weighted by atomic mass is 35.6. The van der Waals surface area contributed by atoms with E-state index in [1.54, 1.807) is 0 Å². The standard InChI is InChI=1S/C4H14B2Cl6N2Si2/c1-15(2,11)13-5(7,8)14(6(13,9)10)16(3,4)12/h13-14H,1-4H3. The Balaban J connectivity index is 3.15. The van der Waals surface area contributed by atoms with Crippen molar-refractivity contribution in [2.75, 3.05) is 0 Å². The van der Waals surface area contributed by atoms with Crippen LogP contribution in [0.25, 0.3) is 0 Å². The molecule has 0 spiro atoms. The van der Waals surface area contributed by atoms with Gasteiger partial charge in [0.25, 0.3) is 0 Å². The Kier molecular flexibility index (Phi) is 4.44. The molecule has 1 heterocycles. The minimum Gasteiger partial charge on any atom is -0.623 e. The largest absolute Gasteiger partial charge is 0.623 e. The molecule has 0 aliphatic carbocycles. The minimum atomic E-state index is -2.21. The Morgan fingerprint density at radius 3 is 1.00 bits per heavy atom. The van der Waals surface area contributed by atoms with Crippen LogP contribution in [0.2, 0.25) is 26.2 Å². The van der Waals surface area contributed by atoms with Crippen LogP contribution in [0.4, 0.5) is 0 Å². The summed E-state index contributed by atoms with van der Waals surface area (Å²) in [6.07, 6.45) is 0. The summed E-state index contributed by atoms with van der Waals surface area (Å²) in [5.41, 5.74) is 0. The van der Waals surface area contributed by atoms with Crippen LogP contribution in [0, 0.1) is 0 Å². The fourth-order valence-electron chi connectivity index (χ4n) is 2.49. The van der Waals surface area contributed by atoms with Crippen LogP contribution in [-0.4, -0.2) is 25.6 Å². The second kappa shape index (κ2) is 4.37. The highest BCUT2D eigenvalue weighted by Gasteiger charge is 2.72. The summed E-state index contributed by atoms with van der Waals surface area (Å²) in [4.78, 5) is 0. The van der Waals surface area contributed by atoms with Crippen molar-refractivity contribution in [2.24, 2.45) is 0 Å². The highest BCUT2D eigenvalue weighted by Crippen LogP contribution is 2.23. The molecule has 2 N–H and O–H groups in total. The molecule has 0 bridgehead atoms. The van der Waals surface area contributed by atoms with Crippen LogP contribution in [0.5, 0.6) is 0 Å². The van der Waals surface area contributed by atoms with E-state index in [-0.39, 0.29) is 0 Å². The molecule has 1 fully saturated rings. The number of hydrogen-bond donors (Lipinski definition) is 2. The van der Waals surface area contributed by atoms with Gasteiger partial charge in [0.1, 0.15) is 0 Å². The predicted octanol–water partition coefficient (Wildman–Crippen LogP) is 1.48. The summed E-state index contributed by atoms with van der Waals surface area (Å²) in [6.45, 7) is 7.69. The lowest BCUT2D eigenvalue weighted by atomic mass is 9.78. The van der Waals surface area contributed by atoms with Gasteiger partial charge in [0.05, 0.1) is 0 Å². The van der Waals surface area contributed by atoms with Crippen LogP contribution in [0.1, 0.15) is 0 Å². The molecule has 0 amide bonds. The van der Waals surface area contributed by atoms with Crippen LogP contribution in [0.3, 0.4) is 0 Å². The second-order valence-electron chi connectivity index (χ2n) is 5.18. The number of quaternary nitrogens is 2. The zero-order valence-corrected chi connectivity index (χ0v) is 16.0. The lowest BCUT2D eigenvalue weighted by molar-refractivity contribution is -0.808. The first-order valence-electron chi connectivity index (χ1n) is 4.91. The van der Waals surface area contributed by atoms with Crippen LogP contribution >= 0.6 is 68.0 Å². The van der Waals surface area contributed by atoms with E-state index in [0.29, 0.717) is 0 Å². The summed E-state index contributed by atoms with van der Waals surface area (Å²) in [5, 5.41) is -3.70. The Morgan fingerprint density at radius 1 is 0.688 bits per heavy atom. The average molecular weight is 381 g/mol. The van der Waals surface area contributed by atoms with Crippen molar-refractivity contribution < 1.29 is 8.78 Å². The fourth-order valence-corrected chi connectivity index (χ4v) is 18.7. The second-order valence-corrected chi connectivity index (χ2v) is 21.0. The molecule has 16 heavy (non-hydrogen) atoms. The zero-order valence-electron chi connectivity index (χ0n) is 9.42. The molecule has 2 nitrogen and oxygen atoms in total. The predicted molar refractivity (Wildman–Crippen MR) is 83.5 cm³/mol. The third-order valence-corrected chi connectivity index (χ3v) is 12.1. The Morgan fingerprint density at radius 2 is 0.875 bits per heavy atom. The summed E-state index contributed by atoms with van der Waals surface area (Å²) in [5.74, 6) is 0. The van der Waals surface area contributed by atoms with E-state index < -0.39 is 25.6 Å². The van der Waals surface area contributed by atoms with Crippen molar-refractivity contribution in [3.05, 3.63) is 0 Å². The summed E-state index contributed by atoms with van der Waals surface area (Å²) < 4.78 is 1.49. The number of halogens is 6. The summed E-state index contributed by atoms with van der Waals surface area (Å²) in [7, 11) is -4.41. The Hall–Kier alpha value is 2.22. The van der Waals surface area contributed by atoms with E-state index in [0.717, 1.165) is 8.78 Å². The van der Waals surface area contributed by atoms with E-state index in [9.17, 15) is 0 Å². The van der Waals surface area contributed by atoms with Gasteiger partial charge in [0, 0.05) is 0 Å². The highest BCUT2D eigenvalue weighted by molar-refractivity contribution is 7.57. The van der Waals surface area contributed by atoms with Gasteiger partial charge in [-0.25, -0.2) is 45.8 Å². The molecule has 0 aromatic rings. The van der Waals surface area contributed by atoms with E-state index >= 15 is 0 Å². The first-order chi connectivity index (χ1) is 6.73. The SMILES string of the molecule is C[Si](C)(Cl)[NH+]1[B-](Cl)(Cl)[NH+]([Si](C)(C)Cl)[B-]1(Cl)Cl. The molecule has 0 atom stereocenters. The molecule has 0 aromatic heterocycles. The molecular weight excluding hydrogens is 367 g/mol. The van der Waals surface area contributed by atoms with Crippen molar-refractivity contribution in [1.82, 2.24) is 0 Å². The molecule has 12 heteroatoms. The Bertz CT molecular complexity index is 260.